The third-order valence-corrected chi connectivity index (χ3v) is 1.23. The van der Waals surface area contributed by atoms with E-state index in [4.69, 9.17) is 11.0 Å². The predicted octanol–water partition coefficient (Wildman–Crippen LogP) is 1.14. The maximum Gasteiger partial charge on any atom is 0.372 e. The van der Waals surface area contributed by atoms with Crippen LogP contribution < -0.4 is 5.73 Å². The molecule has 0 spiro atoms. The van der Waals surface area contributed by atoms with Crippen molar-refractivity contribution in [3.63, 3.8) is 0 Å². The minimum atomic E-state index is -0.886. The van der Waals surface area contributed by atoms with E-state index in [-0.39, 0.29) is 5.57 Å². The van der Waals surface area contributed by atoms with Crippen LogP contribution in [-0.2, 0) is 9.68 Å². The highest BCUT2D eigenvalue weighted by molar-refractivity contribution is 5.91. The summed E-state index contributed by atoms with van der Waals surface area (Å²) in [6.45, 7) is 6.77. The van der Waals surface area contributed by atoms with Gasteiger partial charge in [0.1, 0.15) is 0 Å². The van der Waals surface area contributed by atoms with Gasteiger partial charge in [0.15, 0.2) is 0 Å². The fourth-order valence-electron chi connectivity index (χ4n) is 0.526. The number of hydrogen-bond acceptors (Lipinski definition) is 4. The summed E-state index contributed by atoms with van der Waals surface area (Å²) in [7, 11) is 0. The van der Waals surface area contributed by atoms with Crippen molar-refractivity contribution in [2.45, 2.75) is 0 Å². The van der Waals surface area contributed by atoms with Crippen LogP contribution >= 0.6 is 0 Å². The Balaban J connectivity index is 4.67. The second-order valence-electron chi connectivity index (χ2n) is 2.08. The van der Waals surface area contributed by atoms with Gasteiger partial charge < -0.3 is 5.73 Å². The first-order valence-electron chi connectivity index (χ1n) is 3.43. The largest absolute Gasteiger partial charge is 0.399 e. The molecule has 0 heterocycles. The van der Waals surface area contributed by atoms with E-state index in [1.54, 1.807) is 0 Å². The molecule has 70 valence electrons. The lowest BCUT2D eigenvalue weighted by molar-refractivity contribution is -0.228. The molecule has 0 saturated heterocycles. The van der Waals surface area contributed by atoms with Gasteiger partial charge in [-0.2, -0.15) is 5.26 Å². The molecule has 0 rings (SSSR count). The highest BCUT2D eigenvalue weighted by Gasteiger charge is 2.04. The molecule has 0 aliphatic heterocycles. The summed E-state index contributed by atoms with van der Waals surface area (Å²) in [5.41, 5.74) is 5.86. The molecule has 0 fully saturated rings. The second-order valence-corrected chi connectivity index (χ2v) is 2.08. The molecule has 0 aliphatic carbocycles. The molecule has 0 saturated carbocycles. The maximum atomic E-state index is 10.7. The predicted molar refractivity (Wildman–Crippen MR) is 49.5 cm³/mol. The molecular weight excluding hydrogens is 170 g/mol. The Morgan fingerprint density at radius 2 is 1.92 bits per heavy atom. The average Bonchev–Trinajstić information content (AvgIpc) is 2.17. The van der Waals surface area contributed by atoms with Gasteiger partial charge in [0.05, 0.1) is 5.57 Å². The summed E-state index contributed by atoms with van der Waals surface area (Å²) >= 11 is 0. The first kappa shape index (κ1) is 11.2. The van der Waals surface area contributed by atoms with E-state index in [0.29, 0.717) is 5.70 Å². The van der Waals surface area contributed by atoms with Gasteiger partial charge in [-0.1, -0.05) is 19.2 Å². The van der Waals surface area contributed by atoms with E-state index >= 15 is 0 Å². The van der Waals surface area contributed by atoms with Crippen LogP contribution in [0.1, 0.15) is 0 Å². The van der Waals surface area contributed by atoms with Gasteiger partial charge >= 0.3 is 5.97 Å². The van der Waals surface area contributed by atoms with Crippen molar-refractivity contribution in [3.05, 3.63) is 48.7 Å². The van der Waals surface area contributed by atoms with Crippen LogP contribution in [-0.4, -0.2) is 11.2 Å². The lowest BCUT2D eigenvalue weighted by Gasteiger charge is -1.94. The number of allylic oxidation sites excluding steroid dienone is 3. The summed E-state index contributed by atoms with van der Waals surface area (Å²) in [6, 6.07) is 0. The Kier molecular flexibility index (Phi) is 4.99. The van der Waals surface area contributed by atoms with Gasteiger partial charge in [0.2, 0.25) is 0 Å². The Hall–Kier alpha value is -1.81. The summed E-state index contributed by atoms with van der Waals surface area (Å²) in [4.78, 5) is 14.2. The van der Waals surface area contributed by atoms with Crippen LogP contribution in [0.5, 0.6) is 0 Å². The van der Waals surface area contributed by atoms with Crippen LogP contribution in [0.3, 0.4) is 0 Å². The van der Waals surface area contributed by atoms with E-state index in [9.17, 15) is 4.79 Å². The van der Waals surface area contributed by atoms with Crippen LogP contribution in [0.2, 0.25) is 0 Å². The number of carbonyl (C=O) groups is 1. The number of carbonyl (C=O) groups excluding carboxylic acids is 1. The van der Waals surface area contributed by atoms with Gasteiger partial charge in [0, 0.05) is 5.70 Å². The fraction of sp³-hybridized carbons (Fsp3) is 0. The lowest BCUT2D eigenvalue weighted by atomic mass is 10.2. The van der Waals surface area contributed by atoms with Crippen molar-refractivity contribution in [1.29, 1.82) is 0 Å². The Bertz CT molecular complexity index is 277. The Morgan fingerprint density at radius 3 is 2.31 bits per heavy atom. The molecule has 0 aromatic heterocycles. The molecule has 0 bridgehead atoms. The molecule has 0 radical (unpaired) electrons. The second kappa shape index (κ2) is 5.79. The number of hydrogen-bond donors (Lipinski definition) is 2. The SMILES string of the molecule is C=C/C(N)=C\C=C(/C=C)C(=O)OO. The Labute approximate surface area is 76.2 Å². The normalized spacial score (nSPS) is 12.1. The van der Waals surface area contributed by atoms with E-state index in [0.717, 1.165) is 0 Å². The molecule has 0 atom stereocenters. The molecular formula is C9H11NO3. The zero-order valence-corrected chi connectivity index (χ0v) is 7.06. The molecule has 0 unspecified atom stereocenters. The lowest BCUT2D eigenvalue weighted by Crippen LogP contribution is -2.02. The molecule has 4 nitrogen and oxygen atoms in total. The molecule has 3 N–H and O–H groups in total. The monoisotopic (exact) mass is 181 g/mol. The smallest absolute Gasteiger partial charge is 0.372 e. The van der Waals surface area contributed by atoms with Gasteiger partial charge in [0.25, 0.3) is 0 Å². The highest BCUT2D eigenvalue weighted by atomic mass is 17.1. The standard InChI is InChI=1S/C9H11NO3/c1-3-7(9(11)13-12)5-6-8(10)4-2/h3-6,12H,1-2,10H2/b7-5+,8-6+. The van der Waals surface area contributed by atoms with Crippen molar-refractivity contribution in [3.8, 4) is 0 Å². The topological polar surface area (TPSA) is 72.6 Å². The molecule has 13 heavy (non-hydrogen) atoms. The van der Waals surface area contributed by atoms with Crippen molar-refractivity contribution in [2.75, 3.05) is 0 Å². The molecule has 0 aliphatic rings. The first-order valence-corrected chi connectivity index (χ1v) is 3.43. The molecule has 0 aromatic carbocycles. The van der Waals surface area contributed by atoms with E-state index < -0.39 is 5.97 Å². The first-order chi connectivity index (χ1) is 6.15. The average molecular weight is 181 g/mol. The zero-order chi connectivity index (χ0) is 10.3. The van der Waals surface area contributed by atoms with Crippen molar-refractivity contribution in [2.24, 2.45) is 5.73 Å². The van der Waals surface area contributed by atoms with Crippen LogP contribution in [0.15, 0.2) is 48.7 Å². The minimum absolute atomic E-state index is 0.104. The van der Waals surface area contributed by atoms with Crippen LogP contribution in [0.25, 0.3) is 0 Å². The maximum absolute atomic E-state index is 10.7. The van der Waals surface area contributed by atoms with Crippen molar-refractivity contribution >= 4 is 5.97 Å². The Morgan fingerprint density at radius 1 is 1.31 bits per heavy atom. The van der Waals surface area contributed by atoms with Gasteiger partial charge in [-0.05, 0) is 18.2 Å². The van der Waals surface area contributed by atoms with Crippen molar-refractivity contribution in [1.82, 2.24) is 0 Å². The van der Waals surface area contributed by atoms with E-state index in [1.165, 1.54) is 24.3 Å². The van der Waals surface area contributed by atoms with Gasteiger partial charge in [-0.3, -0.25) is 4.89 Å². The number of nitrogens with two attached hydrogens (primary N) is 1. The van der Waals surface area contributed by atoms with E-state index in [2.05, 4.69) is 18.0 Å². The molecule has 4 heteroatoms. The zero-order valence-electron chi connectivity index (χ0n) is 7.06. The summed E-state index contributed by atoms with van der Waals surface area (Å²) < 4.78 is 0. The van der Waals surface area contributed by atoms with E-state index in [1.807, 2.05) is 0 Å². The number of rotatable bonds is 4. The summed E-state index contributed by atoms with van der Waals surface area (Å²) in [5, 5.41) is 8.05. The summed E-state index contributed by atoms with van der Waals surface area (Å²) in [6.07, 6.45) is 5.47. The van der Waals surface area contributed by atoms with Gasteiger partial charge in [-0.25, -0.2) is 4.79 Å². The summed E-state index contributed by atoms with van der Waals surface area (Å²) in [5.74, 6) is -0.886. The molecule has 0 amide bonds. The van der Waals surface area contributed by atoms with Gasteiger partial charge in [-0.15, -0.1) is 0 Å². The highest BCUT2D eigenvalue weighted by Crippen LogP contribution is 1.99. The fourth-order valence-corrected chi connectivity index (χ4v) is 0.526. The third-order valence-electron chi connectivity index (χ3n) is 1.23. The van der Waals surface area contributed by atoms with Crippen LogP contribution in [0.4, 0.5) is 0 Å². The molecule has 0 aromatic rings. The van der Waals surface area contributed by atoms with Crippen molar-refractivity contribution < 1.29 is 14.9 Å². The third kappa shape index (κ3) is 3.93. The van der Waals surface area contributed by atoms with Crippen LogP contribution in [0, 0.1) is 0 Å². The minimum Gasteiger partial charge on any atom is -0.399 e. The quantitative estimate of drug-likeness (QED) is 0.295.